The Labute approximate surface area is 185 Å². The van der Waals surface area contributed by atoms with E-state index in [9.17, 15) is 34.8 Å². The first-order valence-corrected chi connectivity index (χ1v) is 9.38. The first-order chi connectivity index (χ1) is 15.5. The Kier molecular flexibility index (Phi) is 5.96. The van der Waals surface area contributed by atoms with Crippen molar-refractivity contribution in [3.8, 4) is 17.2 Å². The highest BCUT2D eigenvalue weighted by Gasteiger charge is 2.40. The van der Waals surface area contributed by atoms with Crippen molar-refractivity contribution in [2.24, 2.45) is 0 Å². The molecular formula is C23H18O10. The predicted octanol–water partition coefficient (Wildman–Crippen LogP) is 2.73. The van der Waals surface area contributed by atoms with E-state index in [2.05, 4.69) is 0 Å². The summed E-state index contributed by atoms with van der Waals surface area (Å²) in [5, 5.41) is 65.6. The van der Waals surface area contributed by atoms with Crippen molar-refractivity contribution in [2.75, 3.05) is 0 Å². The van der Waals surface area contributed by atoms with Gasteiger partial charge in [-0.2, -0.15) is 0 Å². The van der Waals surface area contributed by atoms with Crippen LogP contribution in [0.3, 0.4) is 0 Å². The summed E-state index contributed by atoms with van der Waals surface area (Å²) in [7, 11) is 0. The maximum Gasteiger partial charge on any atom is 0.340 e. The second-order valence-electron chi connectivity index (χ2n) is 7.14. The smallest absolute Gasteiger partial charge is 0.340 e. The van der Waals surface area contributed by atoms with Crippen molar-refractivity contribution in [3.63, 3.8) is 0 Å². The third kappa shape index (κ3) is 4.02. The van der Waals surface area contributed by atoms with Crippen molar-refractivity contribution in [1.29, 1.82) is 0 Å². The quantitative estimate of drug-likeness (QED) is 0.309. The van der Waals surface area contributed by atoms with Crippen molar-refractivity contribution in [3.05, 3.63) is 70.8 Å². The third-order valence-electron chi connectivity index (χ3n) is 5.17. The van der Waals surface area contributed by atoms with Crippen LogP contribution in [0.15, 0.2) is 48.5 Å². The topological polar surface area (TPSA) is 193 Å². The van der Waals surface area contributed by atoms with Crippen molar-refractivity contribution < 1.29 is 50.1 Å². The molecular weight excluding hydrogens is 436 g/mol. The first-order valence-electron chi connectivity index (χ1n) is 9.38. The molecule has 4 rings (SSSR count). The molecule has 0 spiro atoms. The molecule has 10 nitrogen and oxygen atoms in total. The van der Waals surface area contributed by atoms with Crippen molar-refractivity contribution in [2.45, 2.75) is 12.0 Å². The fourth-order valence-electron chi connectivity index (χ4n) is 3.52. The number of aliphatic carboxylic acids is 1. The van der Waals surface area contributed by atoms with Gasteiger partial charge in [0.1, 0.15) is 28.4 Å². The number of aromatic carboxylic acids is 2. The van der Waals surface area contributed by atoms with E-state index in [1.54, 1.807) is 6.08 Å². The number of phenolic OH excluding ortho intramolecular Hbond substituents is 1. The summed E-state index contributed by atoms with van der Waals surface area (Å²) in [5.74, 6) is -4.98. The van der Waals surface area contributed by atoms with Gasteiger partial charge in [-0.05, 0) is 24.3 Å². The van der Waals surface area contributed by atoms with Gasteiger partial charge in [0.05, 0.1) is 0 Å². The van der Waals surface area contributed by atoms with Gasteiger partial charge in [-0.15, -0.1) is 0 Å². The van der Waals surface area contributed by atoms with E-state index >= 15 is 0 Å². The van der Waals surface area contributed by atoms with Crippen LogP contribution in [0, 0.1) is 0 Å². The zero-order valence-electron chi connectivity index (χ0n) is 16.8. The Morgan fingerprint density at radius 3 is 2.06 bits per heavy atom. The highest BCUT2D eigenvalue weighted by molar-refractivity contribution is 6.10. The minimum atomic E-state index is -1.93. The summed E-state index contributed by atoms with van der Waals surface area (Å²) < 4.78 is 0. The van der Waals surface area contributed by atoms with Crippen LogP contribution in [0.5, 0.6) is 17.2 Å². The zero-order chi connectivity index (χ0) is 24.5. The second kappa shape index (κ2) is 8.52. The Morgan fingerprint density at radius 2 is 1.45 bits per heavy atom. The molecule has 1 atom stereocenters. The molecule has 7 N–H and O–H groups in total. The monoisotopic (exact) mass is 454 g/mol. The normalized spacial score (nSPS) is 16.4. The first kappa shape index (κ1) is 23.1. The number of rotatable bonds is 3. The SMILES string of the molecule is O=C(O)C1(O)CC=Cc2c(O)cccc21.O=C(O)c1ccc2c(C(=O)O)c(O)ccc2c1O. The number of aliphatic hydroxyl groups is 1. The van der Waals surface area contributed by atoms with Gasteiger partial charge >= 0.3 is 17.9 Å². The second-order valence-corrected chi connectivity index (χ2v) is 7.14. The van der Waals surface area contributed by atoms with Gasteiger partial charge in [0, 0.05) is 28.3 Å². The molecule has 0 bridgehead atoms. The zero-order valence-corrected chi connectivity index (χ0v) is 16.8. The minimum absolute atomic E-state index is 0.0127. The Balaban J connectivity index is 0.000000189. The number of carbonyl (C=O) groups is 3. The molecule has 10 heteroatoms. The number of carboxylic acid groups (broad SMARTS) is 3. The third-order valence-corrected chi connectivity index (χ3v) is 5.17. The summed E-state index contributed by atoms with van der Waals surface area (Å²) in [6.07, 6.45) is 3.16. The average molecular weight is 454 g/mol. The molecule has 0 amide bonds. The lowest BCUT2D eigenvalue weighted by molar-refractivity contribution is -0.159. The van der Waals surface area contributed by atoms with Gasteiger partial charge in [0.2, 0.25) is 0 Å². The number of fused-ring (bicyclic) bond motifs is 2. The molecule has 0 saturated carbocycles. The van der Waals surface area contributed by atoms with E-state index < -0.39 is 35.0 Å². The number of aromatic hydroxyl groups is 3. The lowest BCUT2D eigenvalue weighted by Gasteiger charge is -2.27. The van der Waals surface area contributed by atoms with Crippen LogP contribution in [0.2, 0.25) is 0 Å². The summed E-state index contributed by atoms with van der Waals surface area (Å²) in [5.41, 5.74) is -2.03. The Bertz CT molecular complexity index is 1320. The molecule has 1 aliphatic rings. The molecule has 0 aliphatic heterocycles. The summed E-state index contributed by atoms with van der Waals surface area (Å²) in [6.45, 7) is 0. The van der Waals surface area contributed by atoms with Crippen LogP contribution in [0.1, 0.15) is 38.3 Å². The Morgan fingerprint density at radius 1 is 0.788 bits per heavy atom. The van der Waals surface area contributed by atoms with E-state index in [0.29, 0.717) is 5.56 Å². The average Bonchev–Trinajstić information content (AvgIpc) is 2.74. The van der Waals surface area contributed by atoms with Gasteiger partial charge in [0.25, 0.3) is 0 Å². The molecule has 0 aromatic heterocycles. The lowest BCUT2D eigenvalue weighted by Crippen LogP contribution is -2.36. The molecule has 3 aromatic rings. The van der Waals surface area contributed by atoms with Gasteiger partial charge < -0.3 is 35.7 Å². The fourth-order valence-corrected chi connectivity index (χ4v) is 3.52. The maximum atomic E-state index is 11.0. The summed E-state index contributed by atoms with van der Waals surface area (Å²) in [6, 6.07) is 9.16. The number of benzene rings is 3. The number of hydrogen-bond donors (Lipinski definition) is 7. The maximum absolute atomic E-state index is 11.0. The van der Waals surface area contributed by atoms with Gasteiger partial charge in [-0.3, -0.25) is 0 Å². The molecule has 3 aromatic carbocycles. The van der Waals surface area contributed by atoms with E-state index in [1.807, 2.05) is 0 Å². The molecule has 170 valence electrons. The van der Waals surface area contributed by atoms with Gasteiger partial charge in [-0.25, -0.2) is 14.4 Å². The largest absolute Gasteiger partial charge is 0.507 e. The van der Waals surface area contributed by atoms with Gasteiger partial charge in [-0.1, -0.05) is 30.4 Å². The van der Waals surface area contributed by atoms with Crippen LogP contribution < -0.4 is 0 Å². The molecule has 33 heavy (non-hydrogen) atoms. The summed E-state index contributed by atoms with van der Waals surface area (Å²) >= 11 is 0. The lowest BCUT2D eigenvalue weighted by atomic mass is 9.83. The number of carboxylic acids is 3. The van der Waals surface area contributed by atoms with Crippen molar-refractivity contribution >= 4 is 34.8 Å². The highest BCUT2D eigenvalue weighted by atomic mass is 16.4. The van der Waals surface area contributed by atoms with E-state index in [1.165, 1.54) is 36.4 Å². The molecule has 0 radical (unpaired) electrons. The van der Waals surface area contributed by atoms with Crippen LogP contribution in [-0.4, -0.2) is 53.7 Å². The molecule has 1 aliphatic carbocycles. The van der Waals surface area contributed by atoms with E-state index in [0.717, 1.165) is 12.1 Å². The van der Waals surface area contributed by atoms with Crippen molar-refractivity contribution in [1.82, 2.24) is 0 Å². The number of phenols is 3. The van der Waals surface area contributed by atoms with Crippen LogP contribution in [-0.2, 0) is 10.4 Å². The predicted molar refractivity (Wildman–Crippen MR) is 114 cm³/mol. The molecule has 0 heterocycles. The van der Waals surface area contributed by atoms with E-state index in [4.69, 9.17) is 15.3 Å². The Hall–Kier alpha value is -4.57. The van der Waals surface area contributed by atoms with Crippen LogP contribution in [0.4, 0.5) is 0 Å². The van der Waals surface area contributed by atoms with Crippen LogP contribution >= 0.6 is 0 Å². The van der Waals surface area contributed by atoms with Gasteiger partial charge in [0.15, 0.2) is 5.60 Å². The highest BCUT2D eigenvalue weighted by Crippen LogP contribution is 2.38. The van der Waals surface area contributed by atoms with Crippen LogP contribution in [0.25, 0.3) is 16.8 Å². The standard InChI is InChI=1S/C12H8O6.C11H10O4/c13-8-4-3-6-5(9(8)12(17)18)1-2-7(10(6)14)11(15)16;12-9-5-1-4-8-7(9)3-2-6-11(8,15)10(13)14/h1-4,13-14H,(H,15,16)(H,17,18);1-5,12,15H,6H2,(H,13,14). The minimum Gasteiger partial charge on any atom is -0.507 e. The summed E-state index contributed by atoms with van der Waals surface area (Å²) in [4.78, 5) is 32.8. The van der Waals surface area contributed by atoms with E-state index in [-0.39, 0.29) is 39.6 Å². The number of hydrogen-bond acceptors (Lipinski definition) is 7. The molecule has 0 saturated heterocycles. The molecule has 0 fully saturated rings. The molecule has 1 unspecified atom stereocenters. The fraction of sp³-hybridized carbons (Fsp3) is 0.0870.